The standard InChI is InChI=1S/C18H25N3O4/c1-13(22)20-16-3-5-17(6-4-16)21(14(2)23)10-9-19-18(24)15-7-11-25-12-8-15/h3-6,15H,7-12H2,1-2H3,(H,19,24)(H,20,22). The summed E-state index contributed by atoms with van der Waals surface area (Å²) in [4.78, 5) is 36.7. The summed E-state index contributed by atoms with van der Waals surface area (Å²) in [6.07, 6.45) is 1.49. The van der Waals surface area contributed by atoms with Crippen molar-refractivity contribution in [1.82, 2.24) is 5.32 Å². The Hall–Kier alpha value is -2.41. The molecule has 25 heavy (non-hydrogen) atoms. The molecule has 136 valence electrons. The summed E-state index contributed by atoms with van der Waals surface area (Å²) >= 11 is 0. The Morgan fingerprint density at radius 2 is 1.76 bits per heavy atom. The van der Waals surface area contributed by atoms with Gasteiger partial charge in [-0.25, -0.2) is 0 Å². The van der Waals surface area contributed by atoms with Crippen LogP contribution in [0.3, 0.4) is 0 Å². The molecule has 1 aromatic carbocycles. The van der Waals surface area contributed by atoms with Crippen LogP contribution in [-0.2, 0) is 19.1 Å². The topological polar surface area (TPSA) is 87.7 Å². The first-order valence-corrected chi connectivity index (χ1v) is 8.48. The average molecular weight is 347 g/mol. The summed E-state index contributed by atoms with van der Waals surface area (Å²) in [5.41, 5.74) is 1.40. The molecule has 0 bridgehead atoms. The average Bonchev–Trinajstić information content (AvgIpc) is 2.59. The van der Waals surface area contributed by atoms with Gasteiger partial charge in [0.1, 0.15) is 0 Å². The number of ether oxygens (including phenoxy) is 1. The Morgan fingerprint density at radius 1 is 1.12 bits per heavy atom. The highest BCUT2D eigenvalue weighted by Crippen LogP contribution is 2.18. The summed E-state index contributed by atoms with van der Waals surface area (Å²) in [5, 5.41) is 5.58. The van der Waals surface area contributed by atoms with E-state index in [2.05, 4.69) is 10.6 Å². The summed E-state index contributed by atoms with van der Waals surface area (Å²) in [6.45, 7) is 4.96. The molecule has 1 heterocycles. The molecule has 2 rings (SSSR count). The van der Waals surface area contributed by atoms with Gasteiger partial charge in [0, 0.05) is 57.4 Å². The second kappa shape index (κ2) is 9.17. The van der Waals surface area contributed by atoms with Crippen molar-refractivity contribution in [2.24, 2.45) is 5.92 Å². The Bertz CT molecular complexity index is 609. The molecule has 1 aliphatic heterocycles. The van der Waals surface area contributed by atoms with Crippen LogP contribution in [0.4, 0.5) is 11.4 Å². The molecule has 0 saturated carbocycles. The van der Waals surface area contributed by atoms with Crippen molar-refractivity contribution in [1.29, 1.82) is 0 Å². The third-order valence-corrected chi connectivity index (χ3v) is 4.11. The van der Waals surface area contributed by atoms with E-state index in [1.165, 1.54) is 13.8 Å². The first-order chi connectivity index (χ1) is 12.0. The van der Waals surface area contributed by atoms with Crippen molar-refractivity contribution in [3.05, 3.63) is 24.3 Å². The van der Waals surface area contributed by atoms with Crippen molar-refractivity contribution in [3.63, 3.8) is 0 Å². The lowest BCUT2D eigenvalue weighted by molar-refractivity contribution is -0.128. The van der Waals surface area contributed by atoms with Gasteiger partial charge in [-0.15, -0.1) is 0 Å². The van der Waals surface area contributed by atoms with Crippen molar-refractivity contribution in [2.75, 3.05) is 36.5 Å². The summed E-state index contributed by atoms with van der Waals surface area (Å²) in [6, 6.07) is 7.03. The van der Waals surface area contributed by atoms with Gasteiger partial charge in [-0.2, -0.15) is 0 Å². The molecule has 0 radical (unpaired) electrons. The monoisotopic (exact) mass is 347 g/mol. The first kappa shape index (κ1) is 18.9. The molecule has 7 heteroatoms. The van der Waals surface area contributed by atoms with Crippen LogP contribution in [-0.4, -0.2) is 44.0 Å². The molecule has 1 aliphatic rings. The molecule has 3 amide bonds. The molecule has 0 aromatic heterocycles. The van der Waals surface area contributed by atoms with Crippen LogP contribution < -0.4 is 15.5 Å². The number of carbonyl (C=O) groups excluding carboxylic acids is 3. The van der Waals surface area contributed by atoms with E-state index in [9.17, 15) is 14.4 Å². The summed E-state index contributed by atoms with van der Waals surface area (Å²) in [5.74, 6) is -0.233. The molecule has 0 aliphatic carbocycles. The summed E-state index contributed by atoms with van der Waals surface area (Å²) in [7, 11) is 0. The number of nitrogens with zero attached hydrogens (tertiary/aromatic N) is 1. The maximum Gasteiger partial charge on any atom is 0.223 e. The fourth-order valence-electron chi connectivity index (χ4n) is 2.79. The quantitative estimate of drug-likeness (QED) is 0.817. The molecule has 1 saturated heterocycles. The number of nitrogens with one attached hydrogen (secondary N) is 2. The van der Waals surface area contributed by atoms with Crippen molar-refractivity contribution in [2.45, 2.75) is 26.7 Å². The van der Waals surface area contributed by atoms with E-state index in [-0.39, 0.29) is 23.6 Å². The maximum absolute atomic E-state index is 12.1. The SMILES string of the molecule is CC(=O)Nc1ccc(N(CCNC(=O)C2CCOCC2)C(C)=O)cc1. The highest BCUT2D eigenvalue weighted by molar-refractivity contribution is 5.93. The molecule has 0 spiro atoms. The van der Waals surface area contributed by atoms with E-state index >= 15 is 0 Å². The zero-order valence-electron chi connectivity index (χ0n) is 14.7. The predicted molar refractivity (Wildman–Crippen MR) is 95.3 cm³/mol. The van der Waals surface area contributed by atoms with E-state index in [0.717, 1.165) is 18.5 Å². The molecule has 2 N–H and O–H groups in total. The van der Waals surface area contributed by atoms with E-state index in [0.29, 0.717) is 32.0 Å². The van der Waals surface area contributed by atoms with E-state index in [1.807, 2.05) is 0 Å². The van der Waals surface area contributed by atoms with Crippen LogP contribution in [0.15, 0.2) is 24.3 Å². The van der Waals surface area contributed by atoms with Gasteiger partial charge in [0.25, 0.3) is 0 Å². The lowest BCUT2D eigenvalue weighted by Gasteiger charge is -2.24. The normalized spacial score (nSPS) is 14.6. The van der Waals surface area contributed by atoms with Crippen LogP contribution in [0.1, 0.15) is 26.7 Å². The first-order valence-electron chi connectivity index (χ1n) is 8.48. The highest BCUT2D eigenvalue weighted by Gasteiger charge is 2.21. The van der Waals surface area contributed by atoms with Gasteiger partial charge < -0.3 is 20.3 Å². The predicted octanol–water partition coefficient (Wildman–Crippen LogP) is 1.54. The van der Waals surface area contributed by atoms with E-state index < -0.39 is 0 Å². The number of anilines is 2. The second-order valence-electron chi connectivity index (χ2n) is 6.08. The van der Waals surface area contributed by atoms with Gasteiger partial charge in [0.15, 0.2) is 0 Å². The zero-order chi connectivity index (χ0) is 18.2. The van der Waals surface area contributed by atoms with Crippen LogP contribution in [0.2, 0.25) is 0 Å². The fourth-order valence-corrected chi connectivity index (χ4v) is 2.79. The Labute approximate surface area is 147 Å². The Morgan fingerprint density at radius 3 is 2.32 bits per heavy atom. The number of amides is 3. The van der Waals surface area contributed by atoms with Crippen LogP contribution in [0, 0.1) is 5.92 Å². The van der Waals surface area contributed by atoms with Crippen LogP contribution in [0.25, 0.3) is 0 Å². The molecule has 0 unspecified atom stereocenters. The number of benzene rings is 1. The van der Waals surface area contributed by atoms with Crippen LogP contribution in [0.5, 0.6) is 0 Å². The minimum atomic E-state index is -0.146. The smallest absolute Gasteiger partial charge is 0.223 e. The molecular formula is C18H25N3O4. The Balaban J connectivity index is 1.88. The maximum atomic E-state index is 12.1. The zero-order valence-corrected chi connectivity index (χ0v) is 14.7. The van der Waals surface area contributed by atoms with Gasteiger partial charge in [-0.3, -0.25) is 14.4 Å². The van der Waals surface area contributed by atoms with Crippen molar-refractivity contribution < 1.29 is 19.1 Å². The van der Waals surface area contributed by atoms with Crippen LogP contribution >= 0.6 is 0 Å². The van der Waals surface area contributed by atoms with Crippen molar-refractivity contribution >= 4 is 29.1 Å². The van der Waals surface area contributed by atoms with Crippen molar-refractivity contribution in [3.8, 4) is 0 Å². The lowest BCUT2D eigenvalue weighted by atomic mass is 9.99. The van der Waals surface area contributed by atoms with Gasteiger partial charge in [0.2, 0.25) is 17.7 Å². The van der Waals surface area contributed by atoms with E-state index in [4.69, 9.17) is 4.74 Å². The minimum absolute atomic E-state index is 0.00327. The number of carbonyl (C=O) groups is 3. The van der Waals surface area contributed by atoms with Gasteiger partial charge in [-0.05, 0) is 37.1 Å². The minimum Gasteiger partial charge on any atom is -0.381 e. The number of hydrogen-bond donors (Lipinski definition) is 2. The molecule has 7 nitrogen and oxygen atoms in total. The third kappa shape index (κ3) is 5.86. The van der Waals surface area contributed by atoms with E-state index in [1.54, 1.807) is 29.2 Å². The summed E-state index contributed by atoms with van der Waals surface area (Å²) < 4.78 is 5.26. The number of rotatable bonds is 6. The fraction of sp³-hybridized carbons (Fsp3) is 0.500. The Kier molecular flexibility index (Phi) is 6.94. The lowest BCUT2D eigenvalue weighted by Crippen LogP contribution is -2.40. The third-order valence-electron chi connectivity index (χ3n) is 4.11. The molecule has 1 fully saturated rings. The van der Waals surface area contributed by atoms with Gasteiger partial charge in [-0.1, -0.05) is 0 Å². The van der Waals surface area contributed by atoms with Gasteiger partial charge >= 0.3 is 0 Å². The molecule has 0 atom stereocenters. The van der Waals surface area contributed by atoms with Gasteiger partial charge in [0.05, 0.1) is 0 Å². The molecular weight excluding hydrogens is 322 g/mol. The highest BCUT2D eigenvalue weighted by atomic mass is 16.5. The molecule has 1 aromatic rings. The largest absolute Gasteiger partial charge is 0.381 e. The number of hydrogen-bond acceptors (Lipinski definition) is 4. The second-order valence-corrected chi connectivity index (χ2v) is 6.08.